The molecule has 0 N–H and O–H groups in total. The summed E-state index contributed by atoms with van der Waals surface area (Å²) in [6.45, 7) is 6.36. The van der Waals surface area contributed by atoms with E-state index in [0.717, 1.165) is 96.3 Å². The summed E-state index contributed by atoms with van der Waals surface area (Å²) >= 11 is 0. The highest BCUT2D eigenvalue weighted by Gasteiger charge is 2.19. The molecule has 334 valence electrons. The molecule has 0 aromatic carbocycles. The zero-order chi connectivity index (χ0) is 43.0. The Balaban J connectivity index is 4.52. The van der Waals surface area contributed by atoms with Crippen LogP contribution in [0.3, 0.4) is 0 Å². The van der Waals surface area contributed by atoms with Gasteiger partial charge in [-0.3, -0.25) is 14.4 Å². The summed E-state index contributed by atoms with van der Waals surface area (Å²) in [5.74, 6) is -0.983. The maximum atomic E-state index is 12.7. The van der Waals surface area contributed by atoms with Crippen molar-refractivity contribution in [1.82, 2.24) is 0 Å². The molecule has 0 aliphatic carbocycles. The molecule has 0 spiro atoms. The standard InChI is InChI=1S/C53H86O6/c1-4-7-10-13-16-19-22-24-25-26-27-29-31-34-37-40-43-46-52(55)58-49-50(48-57-51(54)45-42-39-36-33-30-21-18-15-12-9-6-3)59-53(56)47-44-41-38-35-32-28-23-20-17-14-11-8-5-2/h7,10,13,15-16,18-19,22,24-29,31-32,50H,4-6,8-9,11-12,14,17,20-21,23,30,33-49H2,1-3H3/b10-7-,16-13-,18-15-,22-19-,25-24-,27-26+,31-29-,32-28-. The highest BCUT2D eigenvalue weighted by atomic mass is 16.6. The Morgan fingerprint density at radius 3 is 1.15 bits per heavy atom. The predicted molar refractivity (Wildman–Crippen MR) is 251 cm³/mol. The van der Waals surface area contributed by atoms with Crippen LogP contribution >= 0.6 is 0 Å². The van der Waals surface area contributed by atoms with Crippen molar-refractivity contribution in [2.75, 3.05) is 13.2 Å². The van der Waals surface area contributed by atoms with Crippen molar-refractivity contribution in [1.29, 1.82) is 0 Å². The van der Waals surface area contributed by atoms with Crippen LogP contribution in [0.15, 0.2) is 97.2 Å². The van der Waals surface area contributed by atoms with Crippen molar-refractivity contribution in [3.63, 3.8) is 0 Å². The topological polar surface area (TPSA) is 78.9 Å². The lowest BCUT2D eigenvalue weighted by Crippen LogP contribution is -2.30. The van der Waals surface area contributed by atoms with Gasteiger partial charge in [0.25, 0.3) is 0 Å². The van der Waals surface area contributed by atoms with E-state index < -0.39 is 6.10 Å². The fraction of sp³-hybridized carbons (Fsp3) is 0.642. The average molecular weight is 819 g/mol. The molecule has 59 heavy (non-hydrogen) atoms. The second-order valence-corrected chi connectivity index (χ2v) is 15.4. The number of hydrogen-bond acceptors (Lipinski definition) is 6. The van der Waals surface area contributed by atoms with E-state index in [-0.39, 0.29) is 31.1 Å². The summed E-state index contributed by atoms with van der Waals surface area (Å²) < 4.78 is 16.7. The Bertz CT molecular complexity index is 1220. The highest BCUT2D eigenvalue weighted by molar-refractivity contribution is 5.71. The van der Waals surface area contributed by atoms with E-state index >= 15 is 0 Å². The number of carbonyl (C=O) groups is 3. The van der Waals surface area contributed by atoms with Gasteiger partial charge in [0.15, 0.2) is 6.10 Å². The molecule has 0 rings (SSSR count). The largest absolute Gasteiger partial charge is 0.462 e. The molecule has 0 radical (unpaired) electrons. The Morgan fingerprint density at radius 2 is 0.695 bits per heavy atom. The first-order valence-electron chi connectivity index (χ1n) is 23.8. The summed E-state index contributed by atoms with van der Waals surface area (Å²) in [4.78, 5) is 37.8. The molecule has 0 heterocycles. The molecule has 6 heteroatoms. The summed E-state index contributed by atoms with van der Waals surface area (Å²) in [7, 11) is 0. The number of hydrogen-bond donors (Lipinski definition) is 0. The first-order chi connectivity index (χ1) is 29.0. The molecule has 0 aliphatic rings. The molecule has 0 aromatic heterocycles. The van der Waals surface area contributed by atoms with Crippen LogP contribution < -0.4 is 0 Å². The van der Waals surface area contributed by atoms with Crippen LogP contribution in [0.4, 0.5) is 0 Å². The predicted octanol–water partition coefficient (Wildman–Crippen LogP) is 15.4. The molecular weight excluding hydrogens is 733 g/mol. The van der Waals surface area contributed by atoms with E-state index in [2.05, 4.69) is 57.2 Å². The van der Waals surface area contributed by atoms with Gasteiger partial charge in [0.2, 0.25) is 0 Å². The van der Waals surface area contributed by atoms with E-state index in [4.69, 9.17) is 14.2 Å². The average Bonchev–Trinajstić information content (AvgIpc) is 3.23. The van der Waals surface area contributed by atoms with Crippen LogP contribution in [0.5, 0.6) is 0 Å². The molecule has 0 bridgehead atoms. The maximum Gasteiger partial charge on any atom is 0.306 e. The summed E-state index contributed by atoms with van der Waals surface area (Å²) in [6, 6.07) is 0. The van der Waals surface area contributed by atoms with Crippen molar-refractivity contribution < 1.29 is 28.6 Å². The van der Waals surface area contributed by atoms with Gasteiger partial charge in [0.1, 0.15) is 13.2 Å². The normalized spacial score (nSPS) is 12.9. The smallest absolute Gasteiger partial charge is 0.306 e. The number of ether oxygens (including phenoxy) is 3. The second-order valence-electron chi connectivity index (χ2n) is 15.4. The van der Waals surface area contributed by atoms with Crippen molar-refractivity contribution in [2.24, 2.45) is 0 Å². The Kier molecular flexibility index (Phi) is 44.1. The summed E-state index contributed by atoms with van der Waals surface area (Å²) in [5, 5.41) is 0. The quantitative estimate of drug-likeness (QED) is 0.0201. The first kappa shape index (κ1) is 55.3. The van der Waals surface area contributed by atoms with Crippen LogP contribution in [0.1, 0.15) is 201 Å². The Hall–Kier alpha value is -3.67. The number of allylic oxidation sites excluding steroid dienone is 16. The molecule has 0 aliphatic heterocycles. The third-order valence-electron chi connectivity index (χ3n) is 9.70. The van der Waals surface area contributed by atoms with E-state index in [1.165, 1.54) is 64.2 Å². The van der Waals surface area contributed by atoms with Gasteiger partial charge < -0.3 is 14.2 Å². The van der Waals surface area contributed by atoms with Gasteiger partial charge in [0, 0.05) is 19.3 Å². The van der Waals surface area contributed by atoms with Gasteiger partial charge in [-0.2, -0.15) is 0 Å². The second kappa shape index (κ2) is 47.0. The minimum absolute atomic E-state index is 0.104. The fourth-order valence-electron chi connectivity index (χ4n) is 6.09. The van der Waals surface area contributed by atoms with E-state index in [9.17, 15) is 14.4 Å². The number of carbonyl (C=O) groups excluding carboxylic acids is 3. The van der Waals surface area contributed by atoms with Gasteiger partial charge >= 0.3 is 17.9 Å². The minimum Gasteiger partial charge on any atom is -0.462 e. The van der Waals surface area contributed by atoms with Gasteiger partial charge in [-0.15, -0.1) is 0 Å². The summed E-state index contributed by atoms with van der Waals surface area (Å²) in [5.41, 5.74) is 0. The molecule has 1 unspecified atom stereocenters. The molecule has 0 saturated heterocycles. The Labute approximate surface area is 362 Å². The van der Waals surface area contributed by atoms with Gasteiger partial charge in [-0.1, -0.05) is 195 Å². The van der Waals surface area contributed by atoms with E-state index in [1.807, 2.05) is 60.8 Å². The van der Waals surface area contributed by atoms with E-state index in [1.54, 1.807) is 0 Å². The van der Waals surface area contributed by atoms with Crippen molar-refractivity contribution in [3.05, 3.63) is 97.2 Å². The lowest BCUT2D eigenvalue weighted by molar-refractivity contribution is -0.167. The molecule has 1 atom stereocenters. The van der Waals surface area contributed by atoms with Gasteiger partial charge in [-0.25, -0.2) is 0 Å². The van der Waals surface area contributed by atoms with Crippen molar-refractivity contribution in [2.45, 2.75) is 207 Å². The zero-order valence-electron chi connectivity index (χ0n) is 38.0. The third kappa shape index (κ3) is 45.3. The van der Waals surface area contributed by atoms with Crippen LogP contribution in [0.25, 0.3) is 0 Å². The molecule has 0 aromatic rings. The highest BCUT2D eigenvalue weighted by Crippen LogP contribution is 2.12. The monoisotopic (exact) mass is 819 g/mol. The zero-order valence-corrected chi connectivity index (χ0v) is 38.0. The number of rotatable bonds is 41. The number of esters is 3. The van der Waals surface area contributed by atoms with Crippen LogP contribution in [-0.2, 0) is 28.6 Å². The fourth-order valence-corrected chi connectivity index (χ4v) is 6.09. The van der Waals surface area contributed by atoms with Crippen molar-refractivity contribution >= 4 is 17.9 Å². The lowest BCUT2D eigenvalue weighted by atomic mass is 10.1. The molecule has 6 nitrogen and oxygen atoms in total. The SMILES string of the molecule is CC\C=C/C=C\C=C/C=C\C=C\C=C/CCCCCC(=O)OCC(COC(=O)CCCCCCC/C=C\CCCC)OC(=O)CCCCC/C=C\CCCCCCCC. The molecular formula is C53H86O6. The van der Waals surface area contributed by atoms with Crippen LogP contribution in [0.2, 0.25) is 0 Å². The Morgan fingerprint density at radius 1 is 0.356 bits per heavy atom. The van der Waals surface area contributed by atoms with E-state index in [0.29, 0.717) is 19.3 Å². The van der Waals surface area contributed by atoms with Crippen LogP contribution in [-0.4, -0.2) is 37.2 Å². The first-order valence-corrected chi connectivity index (χ1v) is 23.8. The molecule has 0 saturated carbocycles. The maximum absolute atomic E-state index is 12.7. The lowest BCUT2D eigenvalue weighted by Gasteiger charge is -2.18. The number of unbranched alkanes of at least 4 members (excludes halogenated alkanes) is 19. The molecule has 0 fully saturated rings. The molecule has 0 amide bonds. The van der Waals surface area contributed by atoms with Crippen LogP contribution in [0, 0.1) is 0 Å². The summed E-state index contributed by atoms with van der Waals surface area (Å²) in [6.07, 6.45) is 61.0. The third-order valence-corrected chi connectivity index (χ3v) is 9.70. The minimum atomic E-state index is -0.806. The van der Waals surface area contributed by atoms with Gasteiger partial charge in [0.05, 0.1) is 0 Å². The van der Waals surface area contributed by atoms with Crippen molar-refractivity contribution in [3.8, 4) is 0 Å². The van der Waals surface area contributed by atoms with Gasteiger partial charge in [-0.05, 0) is 83.5 Å².